The van der Waals surface area contributed by atoms with Crippen LogP contribution in [0, 0.1) is 11.8 Å². The zero-order chi connectivity index (χ0) is 14.5. The predicted octanol–water partition coefficient (Wildman–Crippen LogP) is 2.22. The molecule has 3 unspecified atom stereocenters. The van der Waals surface area contributed by atoms with Crippen molar-refractivity contribution in [2.24, 2.45) is 17.6 Å². The van der Waals surface area contributed by atoms with Gasteiger partial charge in [0, 0.05) is 12.0 Å². The average molecular weight is 277 g/mol. The lowest BCUT2D eigenvalue weighted by Gasteiger charge is -2.20. The molecule has 1 heterocycles. The molecule has 1 aliphatic rings. The summed E-state index contributed by atoms with van der Waals surface area (Å²) in [6.07, 6.45) is 1.08. The van der Waals surface area contributed by atoms with Gasteiger partial charge in [-0.1, -0.05) is 26.0 Å². The van der Waals surface area contributed by atoms with Crippen LogP contribution in [0.25, 0.3) is 0 Å². The van der Waals surface area contributed by atoms with Crippen molar-refractivity contribution in [3.63, 3.8) is 0 Å². The maximum Gasteiger partial charge on any atom is 0.119 e. The third-order valence-electron chi connectivity index (χ3n) is 3.99. The lowest BCUT2D eigenvalue weighted by Crippen LogP contribution is -2.30. The van der Waals surface area contributed by atoms with Crippen molar-refractivity contribution >= 4 is 0 Å². The monoisotopic (exact) mass is 277 g/mol. The first kappa shape index (κ1) is 15.3. The Morgan fingerprint density at radius 3 is 2.80 bits per heavy atom. The lowest BCUT2D eigenvalue weighted by molar-refractivity contribution is 0.289. The molecule has 4 heteroatoms. The van der Waals surface area contributed by atoms with Crippen LogP contribution in [0.3, 0.4) is 0 Å². The van der Waals surface area contributed by atoms with Crippen LogP contribution in [-0.2, 0) is 0 Å². The number of benzene rings is 1. The van der Waals surface area contributed by atoms with Crippen LogP contribution in [0.4, 0.5) is 0 Å². The number of nitrogens with one attached hydrogen (secondary N) is 2. The maximum absolute atomic E-state index is 5.89. The van der Waals surface area contributed by atoms with Crippen LogP contribution in [0.15, 0.2) is 24.3 Å². The van der Waals surface area contributed by atoms with Gasteiger partial charge in [0.25, 0.3) is 0 Å². The van der Waals surface area contributed by atoms with E-state index < -0.39 is 0 Å². The summed E-state index contributed by atoms with van der Waals surface area (Å²) in [7, 11) is 0. The van der Waals surface area contributed by atoms with Crippen LogP contribution < -0.4 is 21.3 Å². The molecule has 3 atom stereocenters. The van der Waals surface area contributed by atoms with E-state index in [-0.39, 0.29) is 6.04 Å². The molecule has 0 radical (unpaired) electrons. The Balaban J connectivity index is 2.02. The van der Waals surface area contributed by atoms with E-state index in [4.69, 9.17) is 10.5 Å². The van der Waals surface area contributed by atoms with E-state index in [0.717, 1.165) is 18.8 Å². The summed E-state index contributed by atoms with van der Waals surface area (Å²) >= 11 is 0. The molecule has 112 valence electrons. The second-order valence-electron chi connectivity index (χ2n) is 6.06. The third-order valence-corrected chi connectivity index (χ3v) is 3.99. The molecular weight excluding hydrogens is 250 g/mol. The highest BCUT2D eigenvalue weighted by atomic mass is 16.5. The predicted molar refractivity (Wildman–Crippen MR) is 82.4 cm³/mol. The van der Waals surface area contributed by atoms with Gasteiger partial charge in [-0.3, -0.25) is 5.43 Å². The molecule has 1 aromatic rings. The van der Waals surface area contributed by atoms with Gasteiger partial charge >= 0.3 is 0 Å². The number of nitrogens with two attached hydrogens (primary N) is 1. The first-order valence-corrected chi connectivity index (χ1v) is 7.55. The van der Waals surface area contributed by atoms with Crippen LogP contribution in [0.2, 0.25) is 0 Å². The second kappa shape index (κ2) is 7.07. The molecule has 4 N–H and O–H groups in total. The minimum Gasteiger partial charge on any atom is -0.494 e. The minimum absolute atomic E-state index is 0.253. The second-order valence-corrected chi connectivity index (χ2v) is 6.06. The van der Waals surface area contributed by atoms with Crippen LogP contribution in [-0.4, -0.2) is 19.2 Å². The molecule has 1 aromatic carbocycles. The zero-order valence-electron chi connectivity index (χ0n) is 12.7. The van der Waals surface area contributed by atoms with E-state index in [1.165, 1.54) is 5.56 Å². The van der Waals surface area contributed by atoms with Crippen molar-refractivity contribution in [1.82, 2.24) is 10.9 Å². The molecular formula is C16H27N3O. The van der Waals surface area contributed by atoms with Crippen molar-refractivity contribution in [2.45, 2.75) is 39.3 Å². The van der Waals surface area contributed by atoms with Crippen LogP contribution >= 0.6 is 0 Å². The Hall–Kier alpha value is -1.10. The van der Waals surface area contributed by atoms with Crippen molar-refractivity contribution in [3.05, 3.63) is 29.8 Å². The van der Waals surface area contributed by atoms with Crippen LogP contribution in [0.1, 0.15) is 38.8 Å². The zero-order valence-corrected chi connectivity index (χ0v) is 12.7. The minimum atomic E-state index is 0.253. The van der Waals surface area contributed by atoms with E-state index in [0.29, 0.717) is 24.4 Å². The Kier molecular flexibility index (Phi) is 5.40. The first-order valence-electron chi connectivity index (χ1n) is 7.55. The smallest absolute Gasteiger partial charge is 0.119 e. The molecule has 0 aromatic heterocycles. The topological polar surface area (TPSA) is 59.3 Å². The van der Waals surface area contributed by atoms with Gasteiger partial charge in [0.05, 0.1) is 12.6 Å². The van der Waals surface area contributed by atoms with Gasteiger partial charge in [0.1, 0.15) is 5.75 Å². The Bertz CT molecular complexity index is 422. The molecule has 0 bridgehead atoms. The summed E-state index contributed by atoms with van der Waals surface area (Å²) in [6.45, 7) is 8.02. The van der Waals surface area contributed by atoms with Gasteiger partial charge in [-0.05, 0) is 43.5 Å². The molecule has 20 heavy (non-hydrogen) atoms. The summed E-state index contributed by atoms with van der Waals surface area (Å²) in [5.41, 5.74) is 13.7. The first-order chi connectivity index (χ1) is 9.61. The van der Waals surface area contributed by atoms with Gasteiger partial charge in [-0.25, -0.2) is 5.43 Å². The molecule has 1 fully saturated rings. The summed E-state index contributed by atoms with van der Waals surface area (Å²) in [6, 6.07) is 8.97. The highest BCUT2D eigenvalue weighted by Crippen LogP contribution is 2.29. The van der Waals surface area contributed by atoms with Crippen LogP contribution in [0.5, 0.6) is 5.75 Å². The average Bonchev–Trinajstić information content (AvgIpc) is 2.79. The summed E-state index contributed by atoms with van der Waals surface area (Å²) in [5.74, 6) is 2.02. The van der Waals surface area contributed by atoms with Gasteiger partial charge in [-0.15, -0.1) is 0 Å². The molecule has 2 rings (SSSR count). The summed E-state index contributed by atoms with van der Waals surface area (Å²) in [5, 5.41) is 0. The summed E-state index contributed by atoms with van der Waals surface area (Å²) in [4.78, 5) is 0. The molecule has 4 nitrogen and oxygen atoms in total. The fourth-order valence-electron chi connectivity index (χ4n) is 2.60. The van der Waals surface area contributed by atoms with Crippen molar-refractivity contribution in [2.75, 3.05) is 13.2 Å². The maximum atomic E-state index is 5.89. The number of ether oxygens (including phenoxy) is 1. The van der Waals surface area contributed by atoms with Gasteiger partial charge in [-0.2, -0.15) is 0 Å². The molecule has 0 saturated carbocycles. The van der Waals surface area contributed by atoms with Crippen molar-refractivity contribution in [3.8, 4) is 5.75 Å². The fraction of sp³-hybridized carbons (Fsp3) is 0.625. The van der Waals surface area contributed by atoms with E-state index in [1.54, 1.807) is 0 Å². The normalized spacial score (nSPS) is 26.1. The molecule has 1 saturated heterocycles. The summed E-state index contributed by atoms with van der Waals surface area (Å²) < 4.78 is 5.83. The Morgan fingerprint density at radius 1 is 1.30 bits per heavy atom. The lowest BCUT2D eigenvalue weighted by atomic mass is 9.90. The van der Waals surface area contributed by atoms with Crippen molar-refractivity contribution < 1.29 is 4.74 Å². The molecule has 0 spiro atoms. The molecule has 0 amide bonds. The van der Waals surface area contributed by atoms with Gasteiger partial charge < -0.3 is 10.5 Å². The Labute approximate surface area is 122 Å². The highest BCUT2D eigenvalue weighted by molar-refractivity contribution is 5.31. The number of hydrazine groups is 1. The quantitative estimate of drug-likeness (QED) is 0.746. The largest absolute Gasteiger partial charge is 0.494 e. The number of hydrogen-bond acceptors (Lipinski definition) is 4. The fourth-order valence-corrected chi connectivity index (χ4v) is 2.60. The van der Waals surface area contributed by atoms with Gasteiger partial charge in [0.15, 0.2) is 0 Å². The van der Waals surface area contributed by atoms with Gasteiger partial charge in [0.2, 0.25) is 0 Å². The van der Waals surface area contributed by atoms with E-state index in [9.17, 15) is 0 Å². The Morgan fingerprint density at radius 2 is 2.10 bits per heavy atom. The third kappa shape index (κ3) is 3.72. The molecule has 0 aliphatic carbocycles. The SMILES string of the molecule is CC(C)CCOc1cccc(C2NNC(C)C2CN)c1. The van der Waals surface area contributed by atoms with E-state index >= 15 is 0 Å². The number of rotatable bonds is 6. The van der Waals surface area contributed by atoms with Crippen molar-refractivity contribution in [1.29, 1.82) is 0 Å². The highest BCUT2D eigenvalue weighted by Gasteiger charge is 2.32. The molecule has 1 aliphatic heterocycles. The standard InChI is InChI=1S/C16H27N3O/c1-11(2)7-8-20-14-6-4-5-13(9-14)16-15(10-17)12(3)18-19-16/h4-6,9,11-12,15-16,18-19H,7-8,10,17H2,1-3H3. The van der Waals surface area contributed by atoms with E-state index in [2.05, 4.69) is 49.8 Å². The van der Waals surface area contributed by atoms with E-state index in [1.807, 2.05) is 6.07 Å². The number of hydrogen-bond donors (Lipinski definition) is 3.